The van der Waals surface area contributed by atoms with Crippen molar-refractivity contribution in [3.63, 3.8) is 0 Å². The second kappa shape index (κ2) is 18.7. The fourth-order valence-electron chi connectivity index (χ4n) is 10.4. The molecule has 6 heterocycles. The van der Waals surface area contributed by atoms with Crippen LogP contribution in [0.5, 0.6) is 0 Å². The highest BCUT2D eigenvalue weighted by Crippen LogP contribution is 2.47. The summed E-state index contributed by atoms with van der Waals surface area (Å²) in [6, 6.07) is 25.8. The van der Waals surface area contributed by atoms with Gasteiger partial charge in [0.15, 0.2) is 0 Å². The number of piperidine rings is 2. The number of benzene rings is 2. The van der Waals surface area contributed by atoms with Gasteiger partial charge in [0.05, 0.1) is 11.4 Å². The lowest BCUT2D eigenvalue weighted by atomic mass is 9.76. The molecule has 2 atom stereocenters. The minimum absolute atomic E-state index is 0.306. The maximum atomic E-state index is 6.52. The van der Waals surface area contributed by atoms with Crippen LogP contribution >= 0.6 is 23.2 Å². The molecule has 2 unspecified atom stereocenters. The lowest BCUT2D eigenvalue weighted by Crippen LogP contribution is -2.33. The third-order valence-electron chi connectivity index (χ3n) is 13.7. The highest BCUT2D eigenvalue weighted by Gasteiger charge is 2.35. The van der Waals surface area contributed by atoms with Crippen LogP contribution in [-0.4, -0.2) is 62.2 Å². The summed E-state index contributed by atoms with van der Waals surface area (Å²) in [5.41, 5.74) is 14.3. The van der Waals surface area contributed by atoms with Gasteiger partial charge in [-0.25, -0.2) is 4.98 Å². The maximum absolute atomic E-state index is 6.52. The third-order valence-corrected chi connectivity index (χ3v) is 14.2. The highest BCUT2D eigenvalue weighted by molar-refractivity contribution is 6.31. The molecule has 2 aliphatic carbocycles. The highest BCUT2D eigenvalue weighted by atomic mass is 35.5. The fourth-order valence-corrected chi connectivity index (χ4v) is 10.7. The van der Waals surface area contributed by atoms with Gasteiger partial charge in [-0.3, -0.25) is 9.97 Å². The Kier molecular flexibility index (Phi) is 12.7. The molecule has 0 radical (unpaired) electrons. The molecule has 0 saturated carbocycles. The molecule has 4 aromatic heterocycles. The second-order valence-corrected chi connectivity index (χ2v) is 18.3. The van der Waals surface area contributed by atoms with E-state index in [-0.39, 0.29) is 0 Å². The summed E-state index contributed by atoms with van der Waals surface area (Å²) in [6.45, 7) is 10.5. The van der Waals surface area contributed by atoms with Gasteiger partial charge < -0.3 is 19.4 Å². The van der Waals surface area contributed by atoms with Crippen LogP contribution in [0.1, 0.15) is 107 Å². The van der Waals surface area contributed by atoms with E-state index in [1.54, 1.807) is 0 Å². The number of allylic oxidation sites excluding steroid dienone is 2. The predicted molar refractivity (Wildman–Crippen MR) is 252 cm³/mol. The molecule has 4 aliphatic rings. The minimum Gasteiger partial charge on any atom is -0.351 e. The largest absolute Gasteiger partial charge is 0.351 e. The topological polar surface area (TPSA) is 63.8 Å². The van der Waals surface area contributed by atoms with Crippen molar-refractivity contribution < 1.29 is 0 Å². The maximum Gasteiger partial charge on any atom is 0.105 e. The standard InChI is InChI=1S/C26H29ClN4.C26H28ClN3/c1-18-28-11-15-31(18)14-9-20-16-21-4-3-10-29-26(21)25(19-7-12-30(2)13-8-19)23-6-5-22(27)17-24(20)23;1-18-4-3-14-30(18)15-10-20-16-21-5-2-11-29-26(21)25(19-8-12-28-13-9-19)23-7-6-22(27)17-24(20)23/h3-6,10-11,15-17,19,25H,7-9,12-14H2,1-2H3;2-7,11,14,16-17,19,25,28H,8-10,12-13,15H2,1H3. The molecule has 1 N–H and O–H groups in total. The van der Waals surface area contributed by atoms with Crippen molar-refractivity contribution in [3.05, 3.63) is 170 Å². The lowest BCUT2D eigenvalue weighted by Gasteiger charge is -2.35. The summed E-state index contributed by atoms with van der Waals surface area (Å²) < 4.78 is 4.54. The Balaban J connectivity index is 0.000000156. The molecule has 6 aromatic rings. The van der Waals surface area contributed by atoms with E-state index < -0.39 is 0 Å². The average Bonchev–Trinajstić information content (AvgIpc) is 3.82. The molecule has 2 saturated heterocycles. The Hall–Kier alpha value is -4.79. The first-order valence-electron chi connectivity index (χ1n) is 22.2. The second-order valence-electron chi connectivity index (χ2n) is 17.5. The Bertz CT molecular complexity index is 2530. The number of halogens is 2. The van der Waals surface area contributed by atoms with Crippen molar-refractivity contribution in [2.24, 2.45) is 11.8 Å². The van der Waals surface area contributed by atoms with E-state index in [0.717, 1.165) is 68.0 Å². The number of aryl methyl sites for hydroxylation is 4. The van der Waals surface area contributed by atoms with E-state index in [4.69, 9.17) is 33.2 Å². The van der Waals surface area contributed by atoms with Crippen molar-refractivity contribution in [1.82, 2.24) is 34.3 Å². The van der Waals surface area contributed by atoms with Crippen LogP contribution in [0.4, 0.5) is 0 Å². The van der Waals surface area contributed by atoms with Gasteiger partial charge in [-0.05, 0) is 203 Å². The van der Waals surface area contributed by atoms with Crippen molar-refractivity contribution in [3.8, 4) is 0 Å². The first kappa shape index (κ1) is 41.6. The molecule has 0 spiro atoms. The molecule has 7 nitrogen and oxygen atoms in total. The van der Waals surface area contributed by atoms with Crippen molar-refractivity contribution in [2.75, 3.05) is 33.2 Å². The monoisotopic (exact) mass is 849 g/mol. The Morgan fingerprint density at radius 2 is 1.18 bits per heavy atom. The van der Waals surface area contributed by atoms with Gasteiger partial charge in [0, 0.05) is 71.6 Å². The first-order chi connectivity index (χ1) is 29.8. The number of nitrogens with zero attached hydrogens (tertiary/aromatic N) is 6. The molecule has 314 valence electrons. The summed E-state index contributed by atoms with van der Waals surface area (Å²) in [6.07, 6.45) is 21.4. The average molecular weight is 851 g/mol. The number of aromatic nitrogens is 5. The number of nitrogens with one attached hydrogen (secondary N) is 1. The van der Waals surface area contributed by atoms with E-state index in [0.29, 0.717) is 23.7 Å². The molecule has 61 heavy (non-hydrogen) atoms. The first-order valence-corrected chi connectivity index (χ1v) is 23.0. The smallest absolute Gasteiger partial charge is 0.105 e. The van der Waals surface area contributed by atoms with Gasteiger partial charge in [0.2, 0.25) is 0 Å². The Morgan fingerprint density at radius 3 is 1.70 bits per heavy atom. The van der Waals surface area contributed by atoms with Gasteiger partial charge in [-0.1, -0.05) is 47.5 Å². The molecular formula is C52H57Cl2N7. The van der Waals surface area contributed by atoms with Crippen LogP contribution in [0.3, 0.4) is 0 Å². The van der Waals surface area contributed by atoms with E-state index in [9.17, 15) is 0 Å². The normalized spacial score (nSPS) is 19.2. The molecule has 10 rings (SSSR count). The van der Waals surface area contributed by atoms with Crippen LogP contribution in [-0.2, 0) is 13.1 Å². The lowest BCUT2D eigenvalue weighted by molar-refractivity contribution is 0.206. The zero-order valence-corrected chi connectivity index (χ0v) is 37.2. The predicted octanol–water partition coefficient (Wildman–Crippen LogP) is 11.6. The van der Waals surface area contributed by atoms with Gasteiger partial charge in [0.1, 0.15) is 5.82 Å². The summed E-state index contributed by atoms with van der Waals surface area (Å²) in [7, 11) is 2.22. The number of rotatable bonds is 8. The van der Waals surface area contributed by atoms with Crippen LogP contribution in [0.15, 0.2) is 104 Å². The third kappa shape index (κ3) is 9.08. The van der Waals surface area contributed by atoms with E-state index in [1.807, 2.05) is 24.7 Å². The van der Waals surface area contributed by atoms with Crippen molar-refractivity contribution >= 4 is 46.5 Å². The summed E-state index contributed by atoms with van der Waals surface area (Å²) in [5, 5.41) is 5.12. The van der Waals surface area contributed by atoms with Crippen LogP contribution in [0.25, 0.3) is 23.3 Å². The number of hydrogen-bond donors (Lipinski definition) is 1. The van der Waals surface area contributed by atoms with Crippen LogP contribution in [0.2, 0.25) is 10.0 Å². The number of likely N-dealkylation sites (tertiary alicyclic amines) is 1. The Labute approximate surface area is 371 Å². The van der Waals surface area contributed by atoms with E-state index in [2.05, 4.69) is 137 Å². The number of hydrogen-bond acceptors (Lipinski definition) is 5. The summed E-state index contributed by atoms with van der Waals surface area (Å²) >= 11 is 13.0. The quantitative estimate of drug-likeness (QED) is 0.165. The van der Waals surface area contributed by atoms with E-state index >= 15 is 0 Å². The van der Waals surface area contributed by atoms with Crippen LogP contribution in [0, 0.1) is 25.7 Å². The number of imidazole rings is 1. The number of pyridine rings is 2. The molecular weight excluding hydrogens is 794 g/mol. The summed E-state index contributed by atoms with van der Waals surface area (Å²) in [4.78, 5) is 16.7. The zero-order chi connectivity index (χ0) is 41.9. The van der Waals surface area contributed by atoms with Crippen LogP contribution < -0.4 is 5.32 Å². The van der Waals surface area contributed by atoms with Gasteiger partial charge in [-0.15, -0.1) is 0 Å². The van der Waals surface area contributed by atoms with Gasteiger partial charge in [0.25, 0.3) is 0 Å². The molecule has 9 heteroatoms. The van der Waals surface area contributed by atoms with Crippen molar-refractivity contribution in [1.29, 1.82) is 0 Å². The molecule has 0 bridgehead atoms. The number of fused-ring (bicyclic) bond motifs is 4. The Morgan fingerprint density at radius 1 is 0.623 bits per heavy atom. The molecule has 2 aromatic carbocycles. The van der Waals surface area contributed by atoms with Gasteiger partial charge >= 0.3 is 0 Å². The molecule has 0 amide bonds. The van der Waals surface area contributed by atoms with Crippen molar-refractivity contribution in [2.45, 2.75) is 77.3 Å². The summed E-state index contributed by atoms with van der Waals surface area (Å²) in [5.74, 6) is 2.86. The minimum atomic E-state index is 0.306. The fraction of sp³-hybridized carbons (Fsp3) is 0.365. The van der Waals surface area contributed by atoms with E-state index in [1.165, 1.54) is 87.3 Å². The zero-order valence-electron chi connectivity index (χ0n) is 35.7. The molecule has 2 fully saturated rings. The van der Waals surface area contributed by atoms with Gasteiger partial charge in [-0.2, -0.15) is 0 Å². The SMILES string of the molecule is Cc1cccn1CCC1=Cc2cccnc2C(C2CCNCC2)c2ccc(Cl)cc21.Cc1nccn1CCC1=Cc2cccnc2C(C2CCN(C)CC2)c2ccc(Cl)cc21. The molecule has 2 aliphatic heterocycles.